The van der Waals surface area contributed by atoms with E-state index in [2.05, 4.69) is 15.6 Å². The molecule has 0 saturated carbocycles. The normalized spacial score (nSPS) is 19.9. The Hall–Kier alpha value is -1.46. The van der Waals surface area contributed by atoms with Gasteiger partial charge in [0, 0.05) is 25.3 Å². The quantitative estimate of drug-likeness (QED) is 0.780. The average Bonchev–Trinajstić information content (AvgIpc) is 2.37. The highest BCUT2D eigenvalue weighted by atomic mass is 16.5. The van der Waals surface area contributed by atoms with Crippen molar-refractivity contribution < 1.29 is 9.53 Å². The number of amides is 1. The Morgan fingerprint density at radius 3 is 3.24 bits per heavy atom. The van der Waals surface area contributed by atoms with E-state index in [1.807, 2.05) is 19.1 Å². The largest absolute Gasteiger partial charge is 0.374 e. The molecule has 1 aromatic heterocycles. The van der Waals surface area contributed by atoms with E-state index in [1.54, 1.807) is 6.07 Å². The number of morpholine rings is 1. The molecule has 1 aromatic rings. The lowest BCUT2D eigenvalue weighted by Crippen LogP contribution is -2.45. The molecule has 2 rings (SSSR count). The lowest BCUT2D eigenvalue weighted by molar-refractivity contribution is 0.0286. The van der Waals surface area contributed by atoms with Gasteiger partial charge in [-0.05, 0) is 19.1 Å². The van der Waals surface area contributed by atoms with E-state index >= 15 is 0 Å². The van der Waals surface area contributed by atoms with Crippen molar-refractivity contribution >= 4 is 5.91 Å². The predicted octanol–water partition coefficient (Wildman–Crippen LogP) is 0.108. The van der Waals surface area contributed by atoms with Crippen molar-refractivity contribution in [3.05, 3.63) is 29.6 Å². The van der Waals surface area contributed by atoms with E-state index in [9.17, 15) is 4.79 Å². The third-order valence-electron chi connectivity index (χ3n) is 2.62. The second-order valence-corrected chi connectivity index (χ2v) is 4.07. The second kappa shape index (κ2) is 5.75. The van der Waals surface area contributed by atoms with E-state index in [-0.39, 0.29) is 12.0 Å². The summed E-state index contributed by atoms with van der Waals surface area (Å²) in [6.45, 7) is 4.74. The van der Waals surface area contributed by atoms with Gasteiger partial charge in [0.1, 0.15) is 5.69 Å². The van der Waals surface area contributed by atoms with Crippen molar-refractivity contribution in [2.45, 2.75) is 13.0 Å². The maximum Gasteiger partial charge on any atom is 0.269 e. The van der Waals surface area contributed by atoms with Crippen molar-refractivity contribution in [3.8, 4) is 0 Å². The van der Waals surface area contributed by atoms with Gasteiger partial charge in [-0.25, -0.2) is 4.98 Å². The number of aryl methyl sites for hydroxylation is 1. The summed E-state index contributed by atoms with van der Waals surface area (Å²) in [7, 11) is 0. The van der Waals surface area contributed by atoms with Crippen molar-refractivity contribution in [3.63, 3.8) is 0 Å². The summed E-state index contributed by atoms with van der Waals surface area (Å²) in [5.41, 5.74) is 1.29. The zero-order chi connectivity index (χ0) is 12.1. The molecule has 0 spiro atoms. The van der Waals surface area contributed by atoms with Crippen LogP contribution >= 0.6 is 0 Å². The number of carbonyl (C=O) groups excluding carboxylic acids is 1. The average molecular weight is 235 g/mol. The van der Waals surface area contributed by atoms with Gasteiger partial charge < -0.3 is 15.4 Å². The molecule has 0 radical (unpaired) electrons. The molecule has 1 atom stereocenters. The Bertz CT molecular complexity index is 389. The molecule has 5 nitrogen and oxygen atoms in total. The van der Waals surface area contributed by atoms with Crippen LogP contribution in [-0.4, -0.2) is 43.2 Å². The van der Waals surface area contributed by atoms with Gasteiger partial charge >= 0.3 is 0 Å². The number of nitrogens with one attached hydrogen (secondary N) is 2. The topological polar surface area (TPSA) is 63.2 Å². The molecule has 0 bridgehead atoms. The van der Waals surface area contributed by atoms with Crippen LogP contribution in [0.15, 0.2) is 18.2 Å². The predicted molar refractivity (Wildman–Crippen MR) is 63.9 cm³/mol. The molecule has 1 aliphatic heterocycles. The van der Waals surface area contributed by atoms with Gasteiger partial charge in [0.05, 0.1) is 12.7 Å². The van der Waals surface area contributed by atoms with Gasteiger partial charge in [-0.1, -0.05) is 6.07 Å². The van der Waals surface area contributed by atoms with Crippen LogP contribution in [-0.2, 0) is 4.74 Å². The lowest BCUT2D eigenvalue weighted by Gasteiger charge is -2.23. The molecule has 5 heteroatoms. The third kappa shape index (κ3) is 3.51. The van der Waals surface area contributed by atoms with Crippen LogP contribution in [0, 0.1) is 6.92 Å². The molecule has 1 amide bonds. The minimum absolute atomic E-state index is 0.0532. The first-order valence-corrected chi connectivity index (χ1v) is 5.80. The molecule has 1 aliphatic rings. The highest BCUT2D eigenvalue weighted by molar-refractivity contribution is 5.92. The molecule has 92 valence electrons. The van der Waals surface area contributed by atoms with Crippen LogP contribution in [0.4, 0.5) is 0 Å². The van der Waals surface area contributed by atoms with Crippen molar-refractivity contribution in [1.82, 2.24) is 15.6 Å². The summed E-state index contributed by atoms with van der Waals surface area (Å²) in [4.78, 5) is 16.0. The first-order chi connectivity index (χ1) is 8.25. The molecular formula is C12H17N3O2. The third-order valence-corrected chi connectivity index (χ3v) is 2.62. The number of hydrogen-bond acceptors (Lipinski definition) is 4. The molecule has 1 unspecified atom stereocenters. The van der Waals surface area contributed by atoms with Gasteiger partial charge in [-0.2, -0.15) is 0 Å². The van der Waals surface area contributed by atoms with Gasteiger partial charge in [0.2, 0.25) is 0 Å². The lowest BCUT2D eigenvalue weighted by atomic mass is 10.2. The Morgan fingerprint density at radius 1 is 1.65 bits per heavy atom. The van der Waals surface area contributed by atoms with Crippen LogP contribution in [0.25, 0.3) is 0 Å². The number of hydrogen-bond donors (Lipinski definition) is 2. The summed E-state index contributed by atoms with van der Waals surface area (Å²) in [5.74, 6) is -0.150. The summed E-state index contributed by atoms with van der Waals surface area (Å²) >= 11 is 0. The van der Waals surface area contributed by atoms with Gasteiger partial charge in [-0.15, -0.1) is 0 Å². The Labute approximate surface area is 101 Å². The summed E-state index contributed by atoms with van der Waals surface area (Å²) in [6, 6.07) is 5.41. The van der Waals surface area contributed by atoms with Gasteiger partial charge in [0.15, 0.2) is 0 Å². The maximum atomic E-state index is 11.8. The standard InChI is InChI=1S/C12H17N3O2/c1-9-3-2-4-11(15-9)12(16)14-8-10-7-13-5-6-17-10/h2-4,10,13H,5-8H2,1H3,(H,14,16). The first kappa shape index (κ1) is 12.0. The molecule has 1 saturated heterocycles. The number of aromatic nitrogens is 1. The monoisotopic (exact) mass is 235 g/mol. The van der Waals surface area contributed by atoms with Crippen LogP contribution in [0.3, 0.4) is 0 Å². The highest BCUT2D eigenvalue weighted by Crippen LogP contribution is 1.99. The fraction of sp³-hybridized carbons (Fsp3) is 0.500. The molecular weight excluding hydrogens is 218 g/mol. The Kier molecular flexibility index (Phi) is 4.06. The minimum Gasteiger partial charge on any atom is -0.374 e. The minimum atomic E-state index is -0.150. The highest BCUT2D eigenvalue weighted by Gasteiger charge is 2.15. The number of nitrogens with zero attached hydrogens (tertiary/aromatic N) is 1. The molecule has 2 N–H and O–H groups in total. The summed E-state index contributed by atoms with van der Waals surface area (Å²) in [5, 5.41) is 6.04. The molecule has 2 heterocycles. The van der Waals surface area contributed by atoms with E-state index in [1.165, 1.54) is 0 Å². The molecule has 0 aliphatic carbocycles. The number of pyridine rings is 1. The first-order valence-electron chi connectivity index (χ1n) is 5.80. The fourth-order valence-corrected chi connectivity index (χ4v) is 1.72. The Morgan fingerprint density at radius 2 is 2.53 bits per heavy atom. The zero-order valence-corrected chi connectivity index (χ0v) is 9.90. The van der Waals surface area contributed by atoms with Crippen LogP contribution in [0.2, 0.25) is 0 Å². The van der Waals surface area contributed by atoms with Crippen molar-refractivity contribution in [2.24, 2.45) is 0 Å². The smallest absolute Gasteiger partial charge is 0.269 e. The van der Waals surface area contributed by atoms with E-state index < -0.39 is 0 Å². The van der Waals surface area contributed by atoms with Gasteiger partial charge in [-0.3, -0.25) is 4.79 Å². The fourth-order valence-electron chi connectivity index (χ4n) is 1.72. The summed E-state index contributed by atoms with van der Waals surface area (Å²) in [6.07, 6.45) is 0.0532. The zero-order valence-electron chi connectivity index (χ0n) is 9.90. The van der Waals surface area contributed by atoms with Crippen molar-refractivity contribution in [2.75, 3.05) is 26.2 Å². The summed E-state index contributed by atoms with van der Waals surface area (Å²) < 4.78 is 5.49. The second-order valence-electron chi connectivity index (χ2n) is 4.07. The van der Waals surface area contributed by atoms with Crippen LogP contribution in [0.5, 0.6) is 0 Å². The van der Waals surface area contributed by atoms with E-state index in [0.717, 1.165) is 18.8 Å². The number of carbonyl (C=O) groups is 1. The number of ether oxygens (including phenoxy) is 1. The van der Waals surface area contributed by atoms with Crippen LogP contribution in [0.1, 0.15) is 16.2 Å². The molecule has 1 fully saturated rings. The maximum absolute atomic E-state index is 11.8. The van der Waals surface area contributed by atoms with E-state index in [4.69, 9.17) is 4.74 Å². The van der Waals surface area contributed by atoms with Crippen molar-refractivity contribution in [1.29, 1.82) is 0 Å². The molecule has 17 heavy (non-hydrogen) atoms. The number of rotatable bonds is 3. The van der Waals surface area contributed by atoms with Gasteiger partial charge in [0.25, 0.3) is 5.91 Å². The Balaban J connectivity index is 1.84. The van der Waals surface area contributed by atoms with E-state index in [0.29, 0.717) is 18.8 Å². The van der Waals surface area contributed by atoms with Crippen LogP contribution < -0.4 is 10.6 Å². The SMILES string of the molecule is Cc1cccc(C(=O)NCC2CNCCO2)n1. The molecule has 0 aromatic carbocycles.